The van der Waals surface area contributed by atoms with Crippen LogP contribution in [0.4, 0.5) is 5.82 Å². The van der Waals surface area contributed by atoms with E-state index in [0.29, 0.717) is 18.0 Å². The van der Waals surface area contributed by atoms with Crippen molar-refractivity contribution in [3.05, 3.63) is 47.7 Å². The summed E-state index contributed by atoms with van der Waals surface area (Å²) in [6.07, 6.45) is 2.65. The molecule has 0 aliphatic carbocycles. The minimum atomic E-state index is -0.141. The maximum absolute atomic E-state index is 12.3. The van der Waals surface area contributed by atoms with Gasteiger partial charge in [0.05, 0.1) is 18.8 Å². The molecular weight excluding hydrogens is 266 g/mol. The number of carbonyl (C=O) groups excluding carboxylic acids is 1. The number of benzene rings is 1. The normalized spacial score (nSPS) is 12.1. The van der Waals surface area contributed by atoms with Gasteiger partial charge in [0.1, 0.15) is 5.82 Å². The highest BCUT2D eigenvalue weighted by Crippen LogP contribution is 2.17. The van der Waals surface area contributed by atoms with Gasteiger partial charge in [0.15, 0.2) is 0 Å². The highest BCUT2D eigenvalue weighted by Gasteiger charge is 2.12. The second-order valence-corrected chi connectivity index (χ2v) is 5.01. The topological polar surface area (TPSA) is 56.2 Å². The summed E-state index contributed by atoms with van der Waals surface area (Å²) in [6, 6.07) is 9.47. The summed E-state index contributed by atoms with van der Waals surface area (Å²) in [5.41, 5.74) is 1.59. The van der Waals surface area contributed by atoms with Crippen LogP contribution >= 0.6 is 0 Å². The Balaban J connectivity index is 2.15. The molecule has 1 heterocycles. The molecule has 2 rings (SSSR count). The van der Waals surface area contributed by atoms with Crippen LogP contribution in [0.5, 0.6) is 0 Å². The van der Waals surface area contributed by atoms with Crippen LogP contribution in [0, 0.1) is 0 Å². The molecule has 5 nitrogen and oxygen atoms in total. The quantitative estimate of drug-likeness (QED) is 0.887. The average molecular weight is 287 g/mol. The molecule has 0 bridgehead atoms. The molecule has 0 saturated heterocycles. The lowest BCUT2D eigenvalue weighted by Crippen LogP contribution is -2.17. The van der Waals surface area contributed by atoms with Crippen molar-refractivity contribution in [2.24, 2.45) is 0 Å². The Kier molecular flexibility index (Phi) is 5.11. The van der Waals surface area contributed by atoms with E-state index in [2.05, 4.69) is 24.3 Å². The van der Waals surface area contributed by atoms with Crippen molar-refractivity contribution in [1.82, 2.24) is 9.78 Å². The van der Waals surface area contributed by atoms with Gasteiger partial charge in [0.25, 0.3) is 5.91 Å². The summed E-state index contributed by atoms with van der Waals surface area (Å²) < 4.78 is 6.92. The number of hydrogen-bond acceptors (Lipinski definition) is 3. The van der Waals surface area contributed by atoms with Crippen LogP contribution < -0.4 is 5.32 Å². The van der Waals surface area contributed by atoms with Gasteiger partial charge >= 0.3 is 0 Å². The molecule has 5 heteroatoms. The van der Waals surface area contributed by atoms with Gasteiger partial charge in [-0.3, -0.25) is 4.79 Å². The standard InChI is InChI=1S/C16H21N3O2/c1-4-12(2)19-15(8-9-17-19)18-16(20)14-7-5-6-13(10-14)11-21-3/h5-10,12H,4,11H2,1-3H3,(H,18,20). The number of anilines is 1. The minimum Gasteiger partial charge on any atom is -0.380 e. The molecule has 1 amide bonds. The Morgan fingerprint density at radius 1 is 1.43 bits per heavy atom. The molecule has 0 fully saturated rings. The fourth-order valence-corrected chi connectivity index (χ4v) is 2.09. The Hall–Kier alpha value is -2.14. The van der Waals surface area contributed by atoms with E-state index in [9.17, 15) is 4.79 Å². The van der Waals surface area contributed by atoms with Gasteiger partial charge in [0.2, 0.25) is 0 Å². The SMILES string of the molecule is CCC(C)n1nccc1NC(=O)c1cccc(COC)c1. The van der Waals surface area contributed by atoms with Crippen molar-refractivity contribution in [1.29, 1.82) is 0 Å². The van der Waals surface area contributed by atoms with E-state index in [1.54, 1.807) is 19.4 Å². The van der Waals surface area contributed by atoms with Crippen molar-refractivity contribution in [3.8, 4) is 0 Å². The molecule has 1 atom stereocenters. The van der Waals surface area contributed by atoms with Crippen LogP contribution in [-0.2, 0) is 11.3 Å². The number of carbonyl (C=O) groups is 1. The van der Waals surface area contributed by atoms with Gasteiger partial charge in [-0.1, -0.05) is 19.1 Å². The number of nitrogens with one attached hydrogen (secondary N) is 1. The maximum atomic E-state index is 12.3. The molecule has 0 radical (unpaired) electrons. The zero-order chi connectivity index (χ0) is 15.2. The van der Waals surface area contributed by atoms with E-state index in [1.165, 1.54) is 0 Å². The predicted octanol–water partition coefficient (Wildman–Crippen LogP) is 3.25. The lowest BCUT2D eigenvalue weighted by molar-refractivity contribution is 0.102. The van der Waals surface area contributed by atoms with Crippen LogP contribution in [0.15, 0.2) is 36.5 Å². The van der Waals surface area contributed by atoms with Gasteiger partial charge in [-0.2, -0.15) is 5.10 Å². The lowest BCUT2D eigenvalue weighted by atomic mass is 10.1. The van der Waals surface area contributed by atoms with E-state index in [0.717, 1.165) is 12.0 Å². The van der Waals surface area contributed by atoms with Crippen LogP contribution in [0.3, 0.4) is 0 Å². The van der Waals surface area contributed by atoms with Crippen LogP contribution in [0.25, 0.3) is 0 Å². The summed E-state index contributed by atoms with van der Waals surface area (Å²) in [6.45, 7) is 4.65. The molecule has 1 N–H and O–H groups in total. The first-order chi connectivity index (χ1) is 10.2. The number of methoxy groups -OCH3 is 1. The van der Waals surface area contributed by atoms with Gasteiger partial charge in [-0.25, -0.2) is 4.68 Å². The number of ether oxygens (including phenoxy) is 1. The van der Waals surface area contributed by atoms with Gasteiger partial charge in [0, 0.05) is 18.7 Å². The van der Waals surface area contributed by atoms with Crippen molar-refractivity contribution >= 4 is 11.7 Å². The summed E-state index contributed by atoms with van der Waals surface area (Å²) in [5.74, 6) is 0.574. The molecule has 0 aliphatic rings. The molecule has 0 aliphatic heterocycles. The monoisotopic (exact) mass is 287 g/mol. The highest BCUT2D eigenvalue weighted by molar-refractivity contribution is 6.03. The smallest absolute Gasteiger partial charge is 0.256 e. The van der Waals surface area contributed by atoms with E-state index >= 15 is 0 Å². The van der Waals surface area contributed by atoms with Crippen LogP contribution in [0.2, 0.25) is 0 Å². The lowest BCUT2D eigenvalue weighted by Gasteiger charge is -2.14. The highest BCUT2D eigenvalue weighted by atomic mass is 16.5. The molecule has 1 aromatic carbocycles. The fourth-order valence-electron chi connectivity index (χ4n) is 2.09. The van der Waals surface area contributed by atoms with Crippen molar-refractivity contribution in [2.75, 3.05) is 12.4 Å². The molecule has 2 aromatic rings. The molecule has 112 valence electrons. The number of amides is 1. The van der Waals surface area contributed by atoms with Gasteiger partial charge in [-0.15, -0.1) is 0 Å². The first kappa shape index (κ1) is 15.3. The summed E-state index contributed by atoms with van der Waals surface area (Å²) in [7, 11) is 1.64. The minimum absolute atomic E-state index is 0.141. The molecular formula is C16H21N3O2. The second-order valence-electron chi connectivity index (χ2n) is 5.01. The zero-order valence-electron chi connectivity index (χ0n) is 12.7. The van der Waals surface area contributed by atoms with Gasteiger partial charge < -0.3 is 10.1 Å². The number of rotatable bonds is 6. The zero-order valence-corrected chi connectivity index (χ0v) is 12.7. The number of hydrogen-bond donors (Lipinski definition) is 1. The Morgan fingerprint density at radius 3 is 2.95 bits per heavy atom. The third-order valence-corrected chi connectivity index (χ3v) is 3.42. The number of aromatic nitrogens is 2. The largest absolute Gasteiger partial charge is 0.380 e. The van der Waals surface area contributed by atoms with Crippen molar-refractivity contribution in [2.45, 2.75) is 32.9 Å². The summed E-state index contributed by atoms with van der Waals surface area (Å²) in [4.78, 5) is 12.3. The Bertz CT molecular complexity index is 607. The molecule has 21 heavy (non-hydrogen) atoms. The third-order valence-electron chi connectivity index (χ3n) is 3.42. The first-order valence-electron chi connectivity index (χ1n) is 7.08. The van der Waals surface area contributed by atoms with E-state index in [-0.39, 0.29) is 11.9 Å². The molecule has 0 saturated carbocycles. The fraction of sp³-hybridized carbons (Fsp3) is 0.375. The third kappa shape index (κ3) is 3.70. The van der Waals surface area contributed by atoms with Crippen LogP contribution in [-0.4, -0.2) is 22.8 Å². The average Bonchev–Trinajstić information content (AvgIpc) is 2.95. The van der Waals surface area contributed by atoms with Gasteiger partial charge in [-0.05, 0) is 31.0 Å². The molecule has 1 unspecified atom stereocenters. The van der Waals surface area contributed by atoms with Crippen molar-refractivity contribution in [3.63, 3.8) is 0 Å². The molecule has 0 spiro atoms. The van der Waals surface area contributed by atoms with E-state index < -0.39 is 0 Å². The molecule has 1 aromatic heterocycles. The maximum Gasteiger partial charge on any atom is 0.256 e. The summed E-state index contributed by atoms with van der Waals surface area (Å²) in [5, 5.41) is 7.17. The predicted molar refractivity (Wildman–Crippen MR) is 82.3 cm³/mol. The second kappa shape index (κ2) is 7.04. The van der Waals surface area contributed by atoms with Crippen LogP contribution in [0.1, 0.15) is 42.2 Å². The Morgan fingerprint density at radius 2 is 2.24 bits per heavy atom. The Labute approximate surface area is 124 Å². The number of nitrogens with zero attached hydrogens (tertiary/aromatic N) is 2. The van der Waals surface area contributed by atoms with E-state index in [4.69, 9.17) is 4.74 Å². The van der Waals surface area contributed by atoms with Crippen molar-refractivity contribution < 1.29 is 9.53 Å². The first-order valence-corrected chi connectivity index (χ1v) is 7.08. The van der Waals surface area contributed by atoms with E-state index in [1.807, 2.05) is 28.9 Å². The summed E-state index contributed by atoms with van der Waals surface area (Å²) >= 11 is 0.